The number of ketones is 1. The molecule has 1 unspecified atom stereocenters. The number of nitrogens with zero attached hydrogens (tertiary/aromatic N) is 1. The average molecular weight is 342 g/mol. The Bertz CT molecular complexity index is 612. The molecule has 1 aromatic rings. The summed E-state index contributed by atoms with van der Waals surface area (Å²) < 4.78 is 18.6. The first kappa shape index (κ1) is 17.7. The first-order valence-corrected chi connectivity index (χ1v) is 7.98. The Morgan fingerprint density at radius 1 is 1.43 bits per heavy atom. The van der Waals surface area contributed by atoms with Gasteiger partial charge in [-0.1, -0.05) is 17.7 Å². The van der Waals surface area contributed by atoms with Gasteiger partial charge in [-0.25, -0.2) is 9.18 Å². The van der Waals surface area contributed by atoms with Crippen molar-refractivity contribution in [1.82, 2.24) is 4.90 Å². The maximum absolute atomic E-state index is 13.2. The predicted molar refractivity (Wildman–Crippen MR) is 86.0 cm³/mol. The van der Waals surface area contributed by atoms with Crippen molar-refractivity contribution >= 4 is 23.5 Å². The Morgan fingerprint density at radius 2 is 2.13 bits per heavy atom. The van der Waals surface area contributed by atoms with Crippen molar-refractivity contribution in [2.24, 2.45) is 5.92 Å². The SMILES string of the molecule is CC(C)(C)OC(=O)N1CCC(=O)C(Cc2ccc(F)c(Cl)c2)C1. The van der Waals surface area contributed by atoms with Crippen LogP contribution in [-0.2, 0) is 16.0 Å². The highest BCUT2D eigenvalue weighted by Gasteiger charge is 2.32. The van der Waals surface area contributed by atoms with Gasteiger partial charge in [0.05, 0.1) is 5.02 Å². The molecule has 126 valence electrons. The number of hydrogen-bond acceptors (Lipinski definition) is 3. The van der Waals surface area contributed by atoms with E-state index in [9.17, 15) is 14.0 Å². The second-order valence-electron chi connectivity index (χ2n) is 6.79. The van der Waals surface area contributed by atoms with Gasteiger partial charge >= 0.3 is 6.09 Å². The summed E-state index contributed by atoms with van der Waals surface area (Å²) in [5.74, 6) is -0.705. The number of hydrogen-bond donors (Lipinski definition) is 0. The molecule has 4 nitrogen and oxygen atoms in total. The number of piperidine rings is 1. The van der Waals surface area contributed by atoms with E-state index in [0.29, 0.717) is 25.9 Å². The first-order valence-electron chi connectivity index (χ1n) is 7.60. The third-order valence-corrected chi connectivity index (χ3v) is 3.93. The third kappa shape index (κ3) is 4.93. The van der Waals surface area contributed by atoms with E-state index in [2.05, 4.69) is 0 Å². The molecule has 2 rings (SSSR count). The van der Waals surface area contributed by atoms with Gasteiger partial charge in [0.1, 0.15) is 17.2 Å². The fourth-order valence-corrected chi connectivity index (χ4v) is 2.73. The summed E-state index contributed by atoms with van der Waals surface area (Å²) in [5, 5.41) is 0.0368. The smallest absolute Gasteiger partial charge is 0.410 e. The third-order valence-electron chi connectivity index (χ3n) is 3.64. The van der Waals surface area contributed by atoms with Crippen LogP contribution in [0, 0.1) is 11.7 Å². The molecule has 0 radical (unpaired) electrons. The van der Waals surface area contributed by atoms with E-state index in [1.54, 1.807) is 31.7 Å². The summed E-state index contributed by atoms with van der Waals surface area (Å²) in [4.78, 5) is 25.8. The minimum atomic E-state index is -0.571. The van der Waals surface area contributed by atoms with Crippen molar-refractivity contribution in [1.29, 1.82) is 0 Å². The molecule has 0 spiro atoms. The molecule has 6 heteroatoms. The van der Waals surface area contributed by atoms with E-state index < -0.39 is 17.5 Å². The summed E-state index contributed by atoms with van der Waals surface area (Å²) in [6.45, 7) is 6.09. The van der Waals surface area contributed by atoms with Crippen LogP contribution < -0.4 is 0 Å². The molecule has 1 amide bonds. The van der Waals surface area contributed by atoms with E-state index in [1.807, 2.05) is 0 Å². The maximum atomic E-state index is 13.2. The van der Waals surface area contributed by atoms with Gasteiger partial charge in [-0.15, -0.1) is 0 Å². The molecule has 0 aliphatic carbocycles. The van der Waals surface area contributed by atoms with Crippen LogP contribution in [0.15, 0.2) is 18.2 Å². The number of carbonyl (C=O) groups excluding carboxylic acids is 2. The second-order valence-corrected chi connectivity index (χ2v) is 7.20. The Kier molecular flexibility index (Phi) is 5.30. The topological polar surface area (TPSA) is 46.6 Å². The molecule has 0 N–H and O–H groups in total. The lowest BCUT2D eigenvalue weighted by atomic mass is 9.90. The summed E-state index contributed by atoms with van der Waals surface area (Å²) in [6.07, 6.45) is 0.323. The summed E-state index contributed by atoms with van der Waals surface area (Å²) >= 11 is 5.78. The van der Waals surface area contributed by atoms with E-state index in [-0.39, 0.29) is 16.7 Å². The average Bonchev–Trinajstić information content (AvgIpc) is 2.43. The minimum Gasteiger partial charge on any atom is -0.444 e. The molecule has 1 aliphatic rings. The Hall–Kier alpha value is -1.62. The highest BCUT2D eigenvalue weighted by atomic mass is 35.5. The fourth-order valence-electron chi connectivity index (χ4n) is 2.53. The molecular weight excluding hydrogens is 321 g/mol. The van der Waals surface area contributed by atoms with Gasteiger partial charge in [0.25, 0.3) is 0 Å². The standard InChI is InChI=1S/C17H21ClFNO3/c1-17(2,3)23-16(22)20-7-6-15(21)12(10-20)8-11-4-5-14(19)13(18)9-11/h4-5,9,12H,6-8,10H2,1-3H3. The minimum absolute atomic E-state index is 0.0368. The molecule has 1 aromatic carbocycles. The number of benzene rings is 1. The lowest BCUT2D eigenvalue weighted by Crippen LogP contribution is -2.46. The molecule has 1 aliphatic heterocycles. The lowest BCUT2D eigenvalue weighted by Gasteiger charge is -2.33. The van der Waals surface area contributed by atoms with Crippen molar-refractivity contribution in [2.45, 2.75) is 39.2 Å². The second kappa shape index (κ2) is 6.87. The number of ether oxygens (including phenoxy) is 1. The highest BCUT2D eigenvalue weighted by molar-refractivity contribution is 6.30. The van der Waals surface area contributed by atoms with E-state index in [0.717, 1.165) is 5.56 Å². The van der Waals surface area contributed by atoms with Crippen molar-refractivity contribution in [3.63, 3.8) is 0 Å². The predicted octanol–water partition coefficient (Wildman–Crippen LogP) is 3.85. The number of rotatable bonds is 2. The molecule has 23 heavy (non-hydrogen) atoms. The summed E-state index contributed by atoms with van der Waals surface area (Å²) in [7, 11) is 0. The van der Waals surface area contributed by atoms with Crippen LogP contribution in [0.1, 0.15) is 32.8 Å². The van der Waals surface area contributed by atoms with Gasteiger partial charge in [-0.3, -0.25) is 4.79 Å². The molecule has 1 heterocycles. The Morgan fingerprint density at radius 3 is 2.74 bits per heavy atom. The number of halogens is 2. The summed E-state index contributed by atoms with van der Waals surface area (Å²) in [5.41, 5.74) is 0.208. The molecule has 1 atom stereocenters. The van der Waals surface area contributed by atoms with Gasteiger partial charge in [-0.05, 0) is 44.9 Å². The molecule has 1 fully saturated rings. The zero-order chi connectivity index (χ0) is 17.2. The van der Waals surface area contributed by atoms with E-state index in [1.165, 1.54) is 12.1 Å². The van der Waals surface area contributed by atoms with Gasteiger partial charge in [0.15, 0.2) is 0 Å². The monoisotopic (exact) mass is 341 g/mol. The number of amides is 1. The van der Waals surface area contributed by atoms with Crippen LogP contribution in [0.5, 0.6) is 0 Å². The largest absolute Gasteiger partial charge is 0.444 e. The molecule has 0 aromatic heterocycles. The van der Waals surface area contributed by atoms with Crippen LogP contribution in [0.25, 0.3) is 0 Å². The highest BCUT2D eigenvalue weighted by Crippen LogP contribution is 2.23. The molecule has 0 saturated carbocycles. The molecule has 0 bridgehead atoms. The van der Waals surface area contributed by atoms with Crippen LogP contribution in [0.2, 0.25) is 5.02 Å². The van der Waals surface area contributed by atoms with Gasteiger partial charge < -0.3 is 9.64 Å². The van der Waals surface area contributed by atoms with Crippen LogP contribution >= 0.6 is 11.6 Å². The van der Waals surface area contributed by atoms with Gasteiger partial charge in [0, 0.05) is 25.4 Å². The van der Waals surface area contributed by atoms with Gasteiger partial charge in [0.2, 0.25) is 0 Å². The lowest BCUT2D eigenvalue weighted by molar-refractivity contribution is -0.125. The Balaban J connectivity index is 2.04. The first-order chi connectivity index (χ1) is 10.7. The van der Waals surface area contributed by atoms with Crippen LogP contribution in [0.4, 0.5) is 9.18 Å². The van der Waals surface area contributed by atoms with Gasteiger partial charge in [-0.2, -0.15) is 0 Å². The number of Topliss-reactive ketones (excluding diaryl/α,β-unsaturated/α-hetero) is 1. The normalized spacial score (nSPS) is 18.9. The van der Waals surface area contributed by atoms with Crippen molar-refractivity contribution in [2.75, 3.05) is 13.1 Å². The molecule has 1 saturated heterocycles. The van der Waals surface area contributed by atoms with E-state index in [4.69, 9.17) is 16.3 Å². The quantitative estimate of drug-likeness (QED) is 0.821. The number of likely N-dealkylation sites (tertiary alicyclic amines) is 1. The van der Waals surface area contributed by atoms with Crippen molar-refractivity contribution in [3.05, 3.63) is 34.6 Å². The van der Waals surface area contributed by atoms with E-state index >= 15 is 0 Å². The summed E-state index contributed by atoms with van der Waals surface area (Å²) in [6, 6.07) is 4.42. The molecular formula is C17H21ClFNO3. The van der Waals surface area contributed by atoms with Crippen molar-refractivity contribution in [3.8, 4) is 0 Å². The zero-order valence-electron chi connectivity index (χ0n) is 13.6. The number of carbonyl (C=O) groups is 2. The van der Waals surface area contributed by atoms with Crippen LogP contribution in [-0.4, -0.2) is 35.5 Å². The Labute approximate surface area is 140 Å². The fraction of sp³-hybridized carbons (Fsp3) is 0.529. The van der Waals surface area contributed by atoms with Crippen molar-refractivity contribution < 1.29 is 18.7 Å². The maximum Gasteiger partial charge on any atom is 0.410 e. The zero-order valence-corrected chi connectivity index (χ0v) is 14.3. The van der Waals surface area contributed by atoms with Crippen LogP contribution in [0.3, 0.4) is 0 Å².